The van der Waals surface area contributed by atoms with Crippen LogP contribution in [0.5, 0.6) is 5.88 Å². The fourth-order valence-corrected chi connectivity index (χ4v) is 1.14. The van der Waals surface area contributed by atoms with Gasteiger partial charge in [0.05, 0.1) is 13.3 Å². The van der Waals surface area contributed by atoms with Gasteiger partial charge in [0.25, 0.3) is 5.88 Å². The van der Waals surface area contributed by atoms with Crippen LogP contribution in [-0.4, -0.2) is 23.4 Å². The Labute approximate surface area is 91.0 Å². The molecule has 0 atom stereocenters. The average Bonchev–Trinajstić information content (AvgIpc) is 2.47. The minimum absolute atomic E-state index is 0. The summed E-state index contributed by atoms with van der Waals surface area (Å²) in [5.41, 5.74) is 0.971. The number of halogens is 1. The van der Waals surface area contributed by atoms with Gasteiger partial charge in [-0.15, -0.1) is 17.5 Å². The highest BCUT2D eigenvalue weighted by molar-refractivity contribution is 5.85. The number of rotatable bonds is 5. The highest BCUT2D eigenvalue weighted by atomic mass is 35.5. The highest BCUT2D eigenvalue weighted by Gasteiger charge is 2.05. The van der Waals surface area contributed by atoms with E-state index in [4.69, 9.17) is 4.74 Å². The number of nitrogens with zero attached hydrogens (tertiary/aromatic N) is 2. The molecule has 5 heteroatoms. The van der Waals surface area contributed by atoms with Crippen molar-refractivity contribution in [1.29, 1.82) is 0 Å². The van der Waals surface area contributed by atoms with Gasteiger partial charge < -0.3 is 10.1 Å². The second-order valence-corrected chi connectivity index (χ2v) is 3.01. The molecule has 4 nitrogen and oxygen atoms in total. The van der Waals surface area contributed by atoms with Gasteiger partial charge in [0, 0.05) is 13.6 Å². The van der Waals surface area contributed by atoms with E-state index in [2.05, 4.69) is 17.3 Å². The topological polar surface area (TPSA) is 39.1 Å². The van der Waals surface area contributed by atoms with Crippen molar-refractivity contribution in [3.63, 3.8) is 0 Å². The Hall–Kier alpha value is -0.900. The van der Waals surface area contributed by atoms with Gasteiger partial charge in [-0.05, 0) is 6.42 Å². The largest absolute Gasteiger partial charge is 0.478 e. The van der Waals surface area contributed by atoms with E-state index in [1.54, 1.807) is 11.8 Å². The third kappa shape index (κ3) is 3.46. The second kappa shape index (κ2) is 6.54. The summed E-state index contributed by atoms with van der Waals surface area (Å²) in [7, 11) is 3.51. The van der Waals surface area contributed by atoms with E-state index in [1.807, 2.05) is 13.2 Å². The van der Waals surface area contributed by atoms with E-state index in [1.165, 1.54) is 6.42 Å². The maximum atomic E-state index is 5.10. The van der Waals surface area contributed by atoms with Crippen LogP contribution in [0, 0.1) is 0 Å². The number of ether oxygens (including phenoxy) is 1. The molecule has 0 aliphatic carbocycles. The Bertz CT molecular complexity index is 263. The van der Waals surface area contributed by atoms with E-state index < -0.39 is 0 Å². The van der Waals surface area contributed by atoms with Gasteiger partial charge in [0.1, 0.15) is 5.69 Å². The van der Waals surface area contributed by atoms with Crippen molar-refractivity contribution in [2.75, 3.05) is 19.0 Å². The van der Waals surface area contributed by atoms with Gasteiger partial charge in [0.2, 0.25) is 0 Å². The number of hydrogen-bond acceptors (Lipinski definition) is 3. The van der Waals surface area contributed by atoms with Gasteiger partial charge in [-0.3, -0.25) is 4.68 Å². The van der Waals surface area contributed by atoms with Crippen molar-refractivity contribution in [2.45, 2.75) is 19.8 Å². The van der Waals surface area contributed by atoms with Gasteiger partial charge in [-0.2, -0.15) is 0 Å². The molecule has 0 saturated carbocycles. The lowest BCUT2D eigenvalue weighted by Crippen LogP contribution is -2.01. The standard InChI is InChI=1S/C9H17N3O.ClH/c1-4-5-6-10-8-7-12(2)11-9(8)13-3;/h7,10H,4-6H2,1-3H3;1H. The maximum Gasteiger partial charge on any atom is 0.256 e. The van der Waals surface area contributed by atoms with Gasteiger partial charge in [0.15, 0.2) is 0 Å². The maximum absolute atomic E-state index is 5.10. The summed E-state index contributed by atoms with van der Waals surface area (Å²) in [5, 5.41) is 7.42. The minimum Gasteiger partial charge on any atom is -0.478 e. The number of nitrogens with one attached hydrogen (secondary N) is 1. The van der Waals surface area contributed by atoms with Crippen LogP contribution in [0.2, 0.25) is 0 Å². The summed E-state index contributed by atoms with van der Waals surface area (Å²) in [6.07, 6.45) is 4.28. The molecule has 0 radical (unpaired) electrons. The van der Waals surface area contributed by atoms with Crippen LogP contribution in [-0.2, 0) is 7.05 Å². The van der Waals surface area contributed by atoms with Crippen LogP contribution in [0.1, 0.15) is 19.8 Å². The second-order valence-electron chi connectivity index (χ2n) is 3.01. The van der Waals surface area contributed by atoms with Gasteiger partial charge in [-0.1, -0.05) is 13.3 Å². The third-order valence-corrected chi connectivity index (χ3v) is 1.83. The first-order chi connectivity index (χ1) is 6.27. The summed E-state index contributed by atoms with van der Waals surface area (Å²) in [6, 6.07) is 0. The summed E-state index contributed by atoms with van der Waals surface area (Å²) >= 11 is 0. The quantitative estimate of drug-likeness (QED) is 0.771. The summed E-state index contributed by atoms with van der Waals surface area (Å²) in [4.78, 5) is 0. The third-order valence-electron chi connectivity index (χ3n) is 1.83. The van der Waals surface area contributed by atoms with Crippen molar-refractivity contribution in [1.82, 2.24) is 9.78 Å². The monoisotopic (exact) mass is 219 g/mol. The van der Waals surface area contributed by atoms with E-state index >= 15 is 0 Å². The fraction of sp³-hybridized carbons (Fsp3) is 0.667. The molecule has 1 aromatic rings. The molecule has 0 aliphatic rings. The van der Waals surface area contributed by atoms with Gasteiger partial charge >= 0.3 is 0 Å². The van der Waals surface area contributed by atoms with E-state index in [-0.39, 0.29) is 12.4 Å². The molecular weight excluding hydrogens is 202 g/mol. The summed E-state index contributed by atoms with van der Waals surface area (Å²) in [6.45, 7) is 3.14. The SMILES string of the molecule is CCCCNc1cn(C)nc1OC.Cl. The lowest BCUT2D eigenvalue weighted by atomic mass is 10.3. The Balaban J connectivity index is 0.00000169. The van der Waals surface area contributed by atoms with Gasteiger partial charge in [-0.25, -0.2) is 0 Å². The number of unbranched alkanes of at least 4 members (excludes halogenated alkanes) is 1. The predicted molar refractivity (Wildman–Crippen MR) is 60.4 cm³/mol. The Morgan fingerprint density at radius 1 is 1.57 bits per heavy atom. The Morgan fingerprint density at radius 3 is 2.86 bits per heavy atom. The highest BCUT2D eigenvalue weighted by Crippen LogP contribution is 2.20. The van der Waals surface area contributed by atoms with Crippen LogP contribution in [0.4, 0.5) is 5.69 Å². The van der Waals surface area contributed by atoms with E-state index in [0.717, 1.165) is 18.7 Å². The molecule has 0 fully saturated rings. The molecule has 14 heavy (non-hydrogen) atoms. The van der Waals surface area contributed by atoms with Crippen LogP contribution in [0.3, 0.4) is 0 Å². The lowest BCUT2D eigenvalue weighted by Gasteiger charge is -2.03. The average molecular weight is 220 g/mol. The fourth-order valence-electron chi connectivity index (χ4n) is 1.14. The summed E-state index contributed by atoms with van der Waals surface area (Å²) in [5.74, 6) is 0.665. The van der Waals surface area contributed by atoms with Crippen molar-refractivity contribution >= 4 is 18.1 Å². The Morgan fingerprint density at radius 2 is 2.29 bits per heavy atom. The molecule has 1 aromatic heterocycles. The Kier molecular flexibility index (Phi) is 6.12. The smallest absolute Gasteiger partial charge is 0.256 e. The normalized spacial score (nSPS) is 9.36. The zero-order chi connectivity index (χ0) is 9.68. The van der Waals surface area contributed by atoms with Crippen LogP contribution < -0.4 is 10.1 Å². The molecule has 0 bridgehead atoms. The molecule has 0 aliphatic heterocycles. The molecule has 1 N–H and O–H groups in total. The van der Waals surface area contributed by atoms with Crippen LogP contribution in [0.15, 0.2) is 6.20 Å². The minimum atomic E-state index is 0. The van der Waals surface area contributed by atoms with E-state index in [9.17, 15) is 0 Å². The van der Waals surface area contributed by atoms with Crippen molar-refractivity contribution in [3.8, 4) is 5.88 Å². The van der Waals surface area contributed by atoms with Crippen LogP contribution in [0.25, 0.3) is 0 Å². The lowest BCUT2D eigenvalue weighted by molar-refractivity contribution is 0.393. The molecule has 0 unspecified atom stereocenters. The zero-order valence-electron chi connectivity index (χ0n) is 8.91. The van der Waals surface area contributed by atoms with Crippen molar-refractivity contribution in [2.24, 2.45) is 7.05 Å². The number of aromatic nitrogens is 2. The molecular formula is C9H18ClN3O. The zero-order valence-corrected chi connectivity index (χ0v) is 9.73. The van der Waals surface area contributed by atoms with E-state index in [0.29, 0.717) is 5.88 Å². The first kappa shape index (κ1) is 13.1. The first-order valence-electron chi connectivity index (χ1n) is 4.59. The van der Waals surface area contributed by atoms with Crippen molar-refractivity contribution in [3.05, 3.63) is 6.20 Å². The molecule has 1 heterocycles. The molecule has 0 amide bonds. The predicted octanol–water partition coefficient (Wildman–Crippen LogP) is 2.06. The van der Waals surface area contributed by atoms with Crippen LogP contribution >= 0.6 is 12.4 Å². The van der Waals surface area contributed by atoms with Crippen molar-refractivity contribution < 1.29 is 4.74 Å². The number of anilines is 1. The molecule has 0 aromatic carbocycles. The number of aryl methyl sites for hydroxylation is 1. The number of methoxy groups -OCH3 is 1. The molecule has 0 saturated heterocycles. The number of hydrogen-bond donors (Lipinski definition) is 1. The molecule has 82 valence electrons. The first-order valence-corrected chi connectivity index (χ1v) is 4.59. The molecule has 0 spiro atoms. The molecule has 1 rings (SSSR count). The summed E-state index contributed by atoms with van der Waals surface area (Å²) < 4.78 is 6.85.